The molecule has 0 aliphatic carbocycles. The Hall–Kier alpha value is -2.61. The van der Waals surface area contributed by atoms with Gasteiger partial charge in [-0.3, -0.25) is 4.79 Å². The number of benzene rings is 2. The van der Waals surface area contributed by atoms with E-state index in [4.69, 9.17) is 11.6 Å². The van der Waals surface area contributed by atoms with Gasteiger partial charge in [-0.2, -0.15) is 5.10 Å². The Labute approximate surface area is 188 Å². The highest BCUT2D eigenvalue weighted by molar-refractivity contribution is 7.98. The van der Waals surface area contributed by atoms with Crippen molar-refractivity contribution in [1.29, 1.82) is 0 Å². The van der Waals surface area contributed by atoms with Crippen molar-refractivity contribution in [3.63, 3.8) is 0 Å². The van der Waals surface area contributed by atoms with E-state index in [1.165, 1.54) is 0 Å². The Morgan fingerprint density at radius 1 is 1.13 bits per heavy atom. The summed E-state index contributed by atoms with van der Waals surface area (Å²) in [5.74, 6) is 1.30. The summed E-state index contributed by atoms with van der Waals surface area (Å²) >= 11 is 9.31. The van der Waals surface area contributed by atoms with Crippen LogP contribution in [0.5, 0.6) is 0 Å². The van der Waals surface area contributed by atoms with Gasteiger partial charge in [0.05, 0.1) is 23.4 Å². The van der Waals surface area contributed by atoms with Gasteiger partial charge in [-0.15, -0.1) is 23.1 Å². The summed E-state index contributed by atoms with van der Waals surface area (Å²) in [4.78, 5) is 18.2. The molecule has 0 atom stereocenters. The first-order chi connectivity index (χ1) is 14.6. The van der Waals surface area contributed by atoms with Crippen molar-refractivity contribution in [2.24, 2.45) is 0 Å². The molecule has 4 aromatic rings. The van der Waals surface area contributed by atoms with Gasteiger partial charge in [0.15, 0.2) is 0 Å². The predicted molar refractivity (Wildman–Crippen MR) is 124 cm³/mol. The van der Waals surface area contributed by atoms with E-state index < -0.39 is 0 Å². The van der Waals surface area contributed by atoms with E-state index in [1.54, 1.807) is 40.0 Å². The average Bonchev–Trinajstić information content (AvgIpc) is 3.37. The fourth-order valence-electron chi connectivity index (χ4n) is 2.85. The number of thiazole rings is 1. The molecule has 152 valence electrons. The number of aryl methyl sites for hydroxylation is 1. The lowest BCUT2D eigenvalue weighted by molar-refractivity contribution is 0.102. The fourth-order valence-corrected chi connectivity index (χ4v) is 4.49. The number of carbonyl (C=O) groups excluding carboxylic acids is 1. The quantitative estimate of drug-likeness (QED) is 0.353. The molecule has 8 heteroatoms. The number of hydrogen-bond donors (Lipinski definition) is 1. The molecule has 0 saturated heterocycles. The van der Waals surface area contributed by atoms with E-state index in [2.05, 4.69) is 20.8 Å². The summed E-state index contributed by atoms with van der Waals surface area (Å²) in [6.07, 6.45) is 1.67. The number of nitrogens with one attached hydrogen (secondary N) is 1. The lowest BCUT2D eigenvalue weighted by Gasteiger charge is -2.10. The summed E-state index contributed by atoms with van der Waals surface area (Å²) in [6.45, 7) is 2.55. The van der Waals surface area contributed by atoms with Gasteiger partial charge in [-0.1, -0.05) is 23.7 Å². The van der Waals surface area contributed by atoms with Crippen molar-refractivity contribution in [2.45, 2.75) is 24.1 Å². The maximum absolute atomic E-state index is 12.7. The molecule has 2 heterocycles. The number of anilines is 1. The first-order valence-corrected chi connectivity index (χ1v) is 11.5. The lowest BCUT2D eigenvalue weighted by Crippen LogP contribution is -2.16. The first kappa shape index (κ1) is 20.7. The third-order valence-electron chi connectivity index (χ3n) is 4.37. The van der Waals surface area contributed by atoms with Crippen molar-refractivity contribution in [2.75, 3.05) is 5.32 Å². The molecular formula is C22H19ClN4OS2. The Morgan fingerprint density at radius 2 is 1.90 bits per heavy atom. The van der Waals surface area contributed by atoms with E-state index >= 15 is 0 Å². The molecule has 2 aromatic heterocycles. The van der Waals surface area contributed by atoms with Crippen LogP contribution in [0.1, 0.15) is 26.6 Å². The number of rotatable bonds is 7. The topological polar surface area (TPSA) is 59.8 Å². The van der Waals surface area contributed by atoms with Crippen LogP contribution in [0.3, 0.4) is 0 Å². The molecule has 0 aliphatic heterocycles. The Bertz CT molecular complexity index is 1140. The zero-order chi connectivity index (χ0) is 20.9. The van der Waals surface area contributed by atoms with Crippen molar-refractivity contribution in [1.82, 2.24) is 14.8 Å². The predicted octanol–water partition coefficient (Wildman–Crippen LogP) is 5.89. The zero-order valence-electron chi connectivity index (χ0n) is 16.2. The number of amides is 1. The second kappa shape index (κ2) is 9.47. The highest BCUT2D eigenvalue weighted by Gasteiger charge is 2.10. The summed E-state index contributed by atoms with van der Waals surface area (Å²) < 4.78 is 1.75. The minimum atomic E-state index is -0.167. The molecule has 0 radical (unpaired) electrons. The molecule has 0 spiro atoms. The van der Waals surface area contributed by atoms with E-state index in [0.717, 1.165) is 26.9 Å². The van der Waals surface area contributed by atoms with Crippen molar-refractivity contribution >= 4 is 46.4 Å². The van der Waals surface area contributed by atoms with Gasteiger partial charge in [0.2, 0.25) is 0 Å². The number of hydrogen-bond acceptors (Lipinski definition) is 5. The molecule has 1 amide bonds. The first-order valence-electron chi connectivity index (χ1n) is 9.28. The van der Waals surface area contributed by atoms with E-state index in [1.807, 2.05) is 55.5 Å². The summed E-state index contributed by atoms with van der Waals surface area (Å²) in [5.41, 5.74) is 2.73. The highest BCUT2D eigenvalue weighted by Crippen LogP contribution is 2.24. The van der Waals surface area contributed by atoms with Crippen LogP contribution in [0.2, 0.25) is 5.02 Å². The largest absolute Gasteiger partial charge is 0.307 e. The SMILES string of the molecule is Cc1nc(CSc2ccc(C(=O)Nc3ccnn3Cc3ccc(Cl)cc3)cc2)cs1. The van der Waals surface area contributed by atoms with Crippen LogP contribution in [0.15, 0.2) is 71.1 Å². The summed E-state index contributed by atoms with van der Waals surface area (Å²) in [5, 5.41) is 11.1. The molecule has 0 fully saturated rings. The number of thioether (sulfide) groups is 1. The average molecular weight is 455 g/mol. The Kier molecular flexibility index (Phi) is 6.52. The van der Waals surface area contributed by atoms with Gasteiger partial charge >= 0.3 is 0 Å². The minimum Gasteiger partial charge on any atom is -0.307 e. The van der Waals surface area contributed by atoms with Crippen LogP contribution in [-0.2, 0) is 12.3 Å². The van der Waals surface area contributed by atoms with Crippen molar-refractivity contribution in [3.05, 3.63) is 93.0 Å². The summed E-state index contributed by atoms with van der Waals surface area (Å²) in [6, 6.07) is 17.0. The standard InChI is InChI=1S/C22H19ClN4OS2/c1-15-25-19(13-29-15)14-30-20-8-4-17(5-9-20)22(28)26-21-10-11-24-27(21)12-16-2-6-18(23)7-3-16/h2-11,13H,12,14H2,1H3,(H,26,28). The summed E-state index contributed by atoms with van der Waals surface area (Å²) in [7, 11) is 0. The second-order valence-electron chi connectivity index (χ2n) is 6.63. The minimum absolute atomic E-state index is 0.167. The normalized spacial score (nSPS) is 10.9. The van der Waals surface area contributed by atoms with Crippen LogP contribution in [0.4, 0.5) is 5.82 Å². The van der Waals surface area contributed by atoms with Gasteiger partial charge in [0, 0.05) is 32.7 Å². The van der Waals surface area contributed by atoms with E-state index in [-0.39, 0.29) is 5.91 Å². The van der Waals surface area contributed by atoms with Gasteiger partial charge in [-0.05, 0) is 48.9 Å². The van der Waals surface area contributed by atoms with Crippen LogP contribution in [0.25, 0.3) is 0 Å². The van der Waals surface area contributed by atoms with Gasteiger partial charge in [-0.25, -0.2) is 9.67 Å². The lowest BCUT2D eigenvalue weighted by atomic mass is 10.2. The Balaban J connectivity index is 1.37. The highest BCUT2D eigenvalue weighted by atomic mass is 35.5. The third kappa shape index (κ3) is 5.30. The second-order valence-corrected chi connectivity index (χ2v) is 9.17. The third-order valence-corrected chi connectivity index (χ3v) is 6.49. The molecule has 0 saturated carbocycles. The Morgan fingerprint density at radius 3 is 2.60 bits per heavy atom. The number of halogens is 1. The van der Waals surface area contributed by atoms with Crippen LogP contribution >= 0.6 is 34.7 Å². The zero-order valence-corrected chi connectivity index (χ0v) is 18.6. The van der Waals surface area contributed by atoms with Crippen molar-refractivity contribution in [3.8, 4) is 0 Å². The van der Waals surface area contributed by atoms with Gasteiger partial charge in [0.25, 0.3) is 5.91 Å². The maximum Gasteiger partial charge on any atom is 0.256 e. The van der Waals surface area contributed by atoms with Gasteiger partial charge < -0.3 is 5.32 Å². The maximum atomic E-state index is 12.7. The molecule has 4 rings (SSSR count). The van der Waals surface area contributed by atoms with E-state index in [0.29, 0.717) is 22.9 Å². The monoisotopic (exact) mass is 454 g/mol. The molecule has 1 N–H and O–H groups in total. The van der Waals surface area contributed by atoms with Gasteiger partial charge in [0.1, 0.15) is 5.82 Å². The van der Waals surface area contributed by atoms with Crippen molar-refractivity contribution < 1.29 is 4.79 Å². The van der Waals surface area contributed by atoms with Crippen LogP contribution in [0, 0.1) is 6.92 Å². The number of nitrogens with zero attached hydrogens (tertiary/aromatic N) is 3. The molecule has 30 heavy (non-hydrogen) atoms. The van der Waals surface area contributed by atoms with E-state index in [9.17, 15) is 4.79 Å². The smallest absolute Gasteiger partial charge is 0.256 e. The van der Waals surface area contributed by atoms with Crippen LogP contribution in [-0.4, -0.2) is 20.7 Å². The fraction of sp³-hybridized carbons (Fsp3) is 0.136. The molecule has 5 nitrogen and oxygen atoms in total. The molecule has 0 unspecified atom stereocenters. The molecule has 0 aliphatic rings. The van der Waals surface area contributed by atoms with Crippen LogP contribution < -0.4 is 5.32 Å². The molecule has 0 bridgehead atoms. The molecular weight excluding hydrogens is 436 g/mol. The number of carbonyl (C=O) groups is 1. The number of aromatic nitrogens is 3. The molecule has 2 aromatic carbocycles.